The number of anilines is 1. The number of nitrogens with two attached hydrogens (primary N) is 1. The Kier molecular flexibility index (Phi) is 5.01. The summed E-state index contributed by atoms with van der Waals surface area (Å²) in [5, 5.41) is 2.95. The Balaban J connectivity index is 1.97. The zero-order chi connectivity index (χ0) is 14.4. The van der Waals surface area contributed by atoms with E-state index in [1.54, 1.807) is 7.11 Å². The Hall–Kier alpha value is -1.55. The molecule has 0 atom stereocenters. The number of rotatable bonds is 5. The van der Waals surface area contributed by atoms with E-state index in [0.29, 0.717) is 13.0 Å². The lowest BCUT2D eigenvalue weighted by molar-refractivity contribution is -0.118. The fourth-order valence-corrected chi connectivity index (χ4v) is 3.00. The molecule has 20 heavy (non-hydrogen) atoms. The van der Waals surface area contributed by atoms with Gasteiger partial charge in [0.15, 0.2) is 0 Å². The van der Waals surface area contributed by atoms with Gasteiger partial charge in [0.05, 0.1) is 7.11 Å². The van der Waals surface area contributed by atoms with E-state index in [0.717, 1.165) is 24.3 Å². The molecule has 4 nitrogen and oxygen atoms in total. The number of methoxy groups -OCH3 is 1. The van der Waals surface area contributed by atoms with Crippen molar-refractivity contribution in [2.75, 3.05) is 19.0 Å². The Morgan fingerprint density at radius 1 is 1.35 bits per heavy atom. The van der Waals surface area contributed by atoms with Crippen LogP contribution in [0.15, 0.2) is 24.3 Å². The standard InChI is InChI=1S/C16H24N2O2/c1-20-14-7-5-6-13(10-14)18-15(19)11-16(12-17)8-3-2-4-9-16/h5-7,10H,2-4,8-9,11-12,17H2,1H3,(H,18,19). The smallest absolute Gasteiger partial charge is 0.224 e. The Labute approximate surface area is 120 Å². The minimum atomic E-state index is 0.00119. The van der Waals surface area contributed by atoms with Gasteiger partial charge in [0, 0.05) is 18.2 Å². The molecular formula is C16H24N2O2. The van der Waals surface area contributed by atoms with Gasteiger partial charge < -0.3 is 15.8 Å². The molecule has 1 aromatic rings. The lowest BCUT2D eigenvalue weighted by Crippen LogP contribution is -2.36. The summed E-state index contributed by atoms with van der Waals surface area (Å²) >= 11 is 0. The molecule has 1 aliphatic carbocycles. The van der Waals surface area contributed by atoms with E-state index < -0.39 is 0 Å². The summed E-state index contributed by atoms with van der Waals surface area (Å²) in [5.74, 6) is 0.791. The average Bonchev–Trinajstić information content (AvgIpc) is 2.48. The van der Waals surface area contributed by atoms with Gasteiger partial charge in [0.25, 0.3) is 0 Å². The molecule has 110 valence electrons. The van der Waals surface area contributed by atoms with Crippen LogP contribution in [0.4, 0.5) is 5.69 Å². The highest BCUT2D eigenvalue weighted by Gasteiger charge is 2.32. The van der Waals surface area contributed by atoms with Crippen LogP contribution in [0.2, 0.25) is 0 Å². The normalized spacial score (nSPS) is 17.5. The molecule has 4 heteroatoms. The third kappa shape index (κ3) is 3.73. The molecule has 3 N–H and O–H groups in total. The molecule has 0 aliphatic heterocycles. The van der Waals surface area contributed by atoms with E-state index in [4.69, 9.17) is 10.5 Å². The molecule has 2 rings (SSSR count). The van der Waals surface area contributed by atoms with Crippen molar-refractivity contribution in [2.24, 2.45) is 11.1 Å². The molecule has 1 aromatic carbocycles. The third-order valence-corrected chi connectivity index (χ3v) is 4.24. The van der Waals surface area contributed by atoms with Crippen LogP contribution in [0.5, 0.6) is 5.75 Å². The fourth-order valence-electron chi connectivity index (χ4n) is 3.00. The van der Waals surface area contributed by atoms with E-state index >= 15 is 0 Å². The minimum Gasteiger partial charge on any atom is -0.497 e. The first-order chi connectivity index (χ1) is 9.67. The van der Waals surface area contributed by atoms with Gasteiger partial charge >= 0.3 is 0 Å². The van der Waals surface area contributed by atoms with Crippen molar-refractivity contribution >= 4 is 11.6 Å². The van der Waals surface area contributed by atoms with E-state index in [1.165, 1.54) is 19.3 Å². The van der Waals surface area contributed by atoms with Crippen molar-refractivity contribution < 1.29 is 9.53 Å². The molecule has 1 aliphatic rings. The highest BCUT2D eigenvalue weighted by atomic mass is 16.5. The van der Waals surface area contributed by atoms with Crippen LogP contribution in [-0.4, -0.2) is 19.6 Å². The Morgan fingerprint density at radius 2 is 2.10 bits per heavy atom. The molecule has 0 radical (unpaired) electrons. The summed E-state index contributed by atoms with van der Waals surface area (Å²) in [6, 6.07) is 7.43. The second kappa shape index (κ2) is 6.75. The minimum absolute atomic E-state index is 0.00119. The second-order valence-electron chi connectivity index (χ2n) is 5.72. The topological polar surface area (TPSA) is 64.3 Å². The van der Waals surface area contributed by atoms with Crippen LogP contribution in [0.25, 0.3) is 0 Å². The van der Waals surface area contributed by atoms with E-state index in [2.05, 4.69) is 5.32 Å². The van der Waals surface area contributed by atoms with Crippen molar-refractivity contribution in [3.63, 3.8) is 0 Å². The SMILES string of the molecule is COc1cccc(NC(=O)CC2(CN)CCCCC2)c1. The van der Waals surface area contributed by atoms with Crippen molar-refractivity contribution in [1.29, 1.82) is 0 Å². The number of carbonyl (C=O) groups is 1. The molecule has 0 bridgehead atoms. The number of hydrogen-bond donors (Lipinski definition) is 2. The van der Waals surface area contributed by atoms with Crippen molar-refractivity contribution in [3.8, 4) is 5.75 Å². The summed E-state index contributed by atoms with van der Waals surface area (Å²) in [7, 11) is 1.62. The Morgan fingerprint density at radius 3 is 2.75 bits per heavy atom. The van der Waals surface area contributed by atoms with Gasteiger partial charge in [-0.25, -0.2) is 0 Å². The first-order valence-electron chi connectivity index (χ1n) is 7.31. The number of benzene rings is 1. The number of nitrogens with one attached hydrogen (secondary N) is 1. The predicted octanol–water partition coefficient (Wildman–Crippen LogP) is 2.93. The van der Waals surface area contributed by atoms with Crippen LogP contribution in [0.3, 0.4) is 0 Å². The third-order valence-electron chi connectivity index (χ3n) is 4.24. The number of amides is 1. The number of carbonyl (C=O) groups excluding carboxylic acids is 1. The monoisotopic (exact) mass is 276 g/mol. The summed E-state index contributed by atoms with van der Waals surface area (Å²) in [6.07, 6.45) is 6.28. The van der Waals surface area contributed by atoms with Gasteiger partial charge in [-0.1, -0.05) is 25.3 Å². The summed E-state index contributed by atoms with van der Waals surface area (Å²) in [4.78, 5) is 12.2. The maximum Gasteiger partial charge on any atom is 0.224 e. The molecule has 1 fully saturated rings. The average molecular weight is 276 g/mol. The summed E-state index contributed by atoms with van der Waals surface area (Å²) in [6.45, 7) is 0.596. The maximum absolute atomic E-state index is 12.2. The summed E-state index contributed by atoms with van der Waals surface area (Å²) in [5.41, 5.74) is 6.70. The highest BCUT2D eigenvalue weighted by Crippen LogP contribution is 2.38. The molecular weight excluding hydrogens is 252 g/mol. The molecule has 0 aromatic heterocycles. The first-order valence-corrected chi connectivity index (χ1v) is 7.31. The van der Waals surface area contributed by atoms with Gasteiger partial charge in [0.2, 0.25) is 5.91 Å². The largest absolute Gasteiger partial charge is 0.497 e. The predicted molar refractivity (Wildman–Crippen MR) is 80.8 cm³/mol. The molecule has 1 saturated carbocycles. The fraction of sp³-hybridized carbons (Fsp3) is 0.562. The Bertz CT molecular complexity index is 454. The van der Waals surface area contributed by atoms with E-state index in [1.807, 2.05) is 24.3 Å². The highest BCUT2D eigenvalue weighted by molar-refractivity contribution is 5.91. The van der Waals surface area contributed by atoms with Crippen LogP contribution >= 0.6 is 0 Å². The molecule has 0 heterocycles. The van der Waals surface area contributed by atoms with Crippen molar-refractivity contribution in [3.05, 3.63) is 24.3 Å². The number of hydrogen-bond acceptors (Lipinski definition) is 3. The van der Waals surface area contributed by atoms with Gasteiger partial charge in [0.1, 0.15) is 5.75 Å². The molecule has 0 unspecified atom stereocenters. The van der Waals surface area contributed by atoms with Crippen LogP contribution in [0.1, 0.15) is 38.5 Å². The molecule has 1 amide bonds. The second-order valence-corrected chi connectivity index (χ2v) is 5.72. The van der Waals surface area contributed by atoms with Gasteiger partial charge in [-0.2, -0.15) is 0 Å². The zero-order valence-electron chi connectivity index (χ0n) is 12.2. The summed E-state index contributed by atoms with van der Waals surface area (Å²) < 4.78 is 5.16. The van der Waals surface area contributed by atoms with Crippen molar-refractivity contribution in [1.82, 2.24) is 0 Å². The zero-order valence-corrected chi connectivity index (χ0v) is 12.2. The lowest BCUT2D eigenvalue weighted by atomic mass is 9.71. The van der Waals surface area contributed by atoms with Gasteiger partial charge in [-0.3, -0.25) is 4.79 Å². The van der Waals surface area contributed by atoms with Gasteiger partial charge in [-0.05, 0) is 36.9 Å². The quantitative estimate of drug-likeness (QED) is 0.869. The van der Waals surface area contributed by atoms with Crippen molar-refractivity contribution in [2.45, 2.75) is 38.5 Å². The van der Waals surface area contributed by atoms with Crippen LogP contribution in [0, 0.1) is 5.41 Å². The van der Waals surface area contributed by atoms with E-state index in [-0.39, 0.29) is 11.3 Å². The van der Waals surface area contributed by atoms with Crippen LogP contribution in [-0.2, 0) is 4.79 Å². The van der Waals surface area contributed by atoms with Gasteiger partial charge in [-0.15, -0.1) is 0 Å². The van der Waals surface area contributed by atoms with E-state index in [9.17, 15) is 4.79 Å². The lowest BCUT2D eigenvalue weighted by Gasteiger charge is -2.35. The molecule has 0 spiro atoms. The van der Waals surface area contributed by atoms with Crippen LogP contribution < -0.4 is 15.8 Å². The first kappa shape index (κ1) is 14.9. The maximum atomic E-state index is 12.2. The number of ether oxygens (including phenoxy) is 1. The molecule has 0 saturated heterocycles.